The Balaban J connectivity index is 1.95. The number of thiophene rings is 1. The van der Waals surface area contributed by atoms with Crippen molar-refractivity contribution in [3.05, 3.63) is 56.7 Å². The van der Waals surface area contributed by atoms with Crippen molar-refractivity contribution >= 4 is 22.9 Å². The Morgan fingerprint density at radius 1 is 1.24 bits per heavy atom. The van der Waals surface area contributed by atoms with Crippen LogP contribution in [0.1, 0.15) is 60.6 Å². The van der Waals surface area contributed by atoms with Gasteiger partial charge < -0.3 is 5.32 Å². The van der Waals surface area contributed by atoms with Gasteiger partial charge in [-0.15, -0.1) is 11.3 Å². The highest BCUT2D eigenvalue weighted by Gasteiger charge is 2.26. The molecule has 1 atom stereocenters. The second-order valence-electron chi connectivity index (χ2n) is 5.79. The fraction of sp³-hybridized carbons (Fsp3) is 0.444. The first-order valence-corrected chi connectivity index (χ1v) is 9.06. The van der Waals surface area contributed by atoms with Crippen LogP contribution in [0.4, 0.5) is 0 Å². The quantitative estimate of drug-likeness (QED) is 0.714. The minimum absolute atomic E-state index is 0.277. The van der Waals surface area contributed by atoms with Crippen LogP contribution in [0.25, 0.3) is 0 Å². The zero-order valence-corrected chi connectivity index (χ0v) is 14.0. The molecule has 1 N–H and O–H groups in total. The molecule has 1 fully saturated rings. The third-order valence-corrected chi connectivity index (χ3v) is 5.62. The van der Waals surface area contributed by atoms with Gasteiger partial charge in [-0.1, -0.05) is 49.2 Å². The Morgan fingerprint density at radius 2 is 2.05 bits per heavy atom. The largest absolute Gasteiger partial charge is 0.306 e. The topological polar surface area (TPSA) is 12.0 Å². The molecular weight excluding hydrogens is 298 g/mol. The Morgan fingerprint density at radius 3 is 2.67 bits per heavy atom. The predicted molar refractivity (Wildman–Crippen MR) is 92.5 cm³/mol. The van der Waals surface area contributed by atoms with E-state index >= 15 is 0 Å². The van der Waals surface area contributed by atoms with Gasteiger partial charge in [-0.25, -0.2) is 0 Å². The smallest absolute Gasteiger partial charge is 0.0931 e. The molecule has 2 aromatic rings. The predicted octanol–water partition coefficient (Wildman–Crippen LogP) is 5.76. The summed E-state index contributed by atoms with van der Waals surface area (Å²) in [6, 6.07) is 13.4. The molecule has 0 amide bonds. The van der Waals surface area contributed by atoms with Gasteiger partial charge in [0.05, 0.1) is 10.4 Å². The molecule has 0 radical (unpaired) electrons. The van der Waals surface area contributed by atoms with Gasteiger partial charge in [0.15, 0.2) is 0 Å². The molecule has 21 heavy (non-hydrogen) atoms. The summed E-state index contributed by atoms with van der Waals surface area (Å²) in [6.45, 7) is 3.24. The number of halogens is 1. The highest BCUT2D eigenvalue weighted by atomic mass is 35.5. The average molecular weight is 320 g/mol. The van der Waals surface area contributed by atoms with Crippen molar-refractivity contribution in [1.82, 2.24) is 5.32 Å². The van der Waals surface area contributed by atoms with E-state index in [2.05, 4.69) is 42.6 Å². The van der Waals surface area contributed by atoms with Crippen LogP contribution in [0, 0.1) is 0 Å². The molecule has 3 rings (SSSR count). The summed E-state index contributed by atoms with van der Waals surface area (Å²) in [7, 11) is 0. The van der Waals surface area contributed by atoms with E-state index in [0.29, 0.717) is 0 Å². The molecule has 0 bridgehead atoms. The highest BCUT2D eigenvalue weighted by molar-refractivity contribution is 7.16. The molecule has 1 heterocycles. The van der Waals surface area contributed by atoms with E-state index in [-0.39, 0.29) is 6.04 Å². The standard InChI is InChI=1S/C18H22ClNS/c1-2-12-20-18(16-10-11-17(19)21-16)15-9-4-3-8-14(15)13-6-5-7-13/h3-4,8-11,13,18,20H,2,5-7,12H2,1H3. The van der Waals surface area contributed by atoms with E-state index in [1.807, 2.05) is 6.07 Å². The zero-order valence-electron chi connectivity index (χ0n) is 12.4. The van der Waals surface area contributed by atoms with Gasteiger partial charge in [-0.05, 0) is 55.0 Å². The lowest BCUT2D eigenvalue weighted by Gasteiger charge is -2.30. The van der Waals surface area contributed by atoms with E-state index < -0.39 is 0 Å². The van der Waals surface area contributed by atoms with Crippen LogP contribution in [0.15, 0.2) is 36.4 Å². The van der Waals surface area contributed by atoms with Gasteiger partial charge >= 0.3 is 0 Å². The van der Waals surface area contributed by atoms with Gasteiger partial charge in [0.1, 0.15) is 0 Å². The number of rotatable bonds is 6. The van der Waals surface area contributed by atoms with Crippen molar-refractivity contribution < 1.29 is 0 Å². The maximum absolute atomic E-state index is 6.16. The number of hydrogen-bond acceptors (Lipinski definition) is 2. The van der Waals surface area contributed by atoms with Crippen LogP contribution in [-0.4, -0.2) is 6.54 Å². The summed E-state index contributed by atoms with van der Waals surface area (Å²) in [5.41, 5.74) is 2.97. The number of benzene rings is 1. The lowest BCUT2D eigenvalue weighted by Crippen LogP contribution is -2.25. The van der Waals surface area contributed by atoms with E-state index in [1.165, 1.54) is 35.3 Å². The van der Waals surface area contributed by atoms with Crippen molar-refractivity contribution in [2.24, 2.45) is 0 Å². The average Bonchev–Trinajstić information content (AvgIpc) is 2.85. The van der Waals surface area contributed by atoms with Crippen LogP contribution >= 0.6 is 22.9 Å². The number of hydrogen-bond donors (Lipinski definition) is 1. The lowest BCUT2D eigenvalue weighted by molar-refractivity contribution is 0.414. The summed E-state index contributed by atoms with van der Waals surface area (Å²) >= 11 is 7.85. The summed E-state index contributed by atoms with van der Waals surface area (Å²) in [5, 5.41) is 3.71. The maximum Gasteiger partial charge on any atom is 0.0931 e. The molecule has 0 saturated heterocycles. The van der Waals surface area contributed by atoms with Gasteiger partial charge in [-0.3, -0.25) is 0 Å². The monoisotopic (exact) mass is 319 g/mol. The second kappa shape index (κ2) is 6.95. The molecule has 0 aliphatic heterocycles. The summed E-state index contributed by atoms with van der Waals surface area (Å²) in [4.78, 5) is 1.32. The SMILES string of the molecule is CCCNC(c1ccc(Cl)s1)c1ccccc1C1CCC1. The molecule has 112 valence electrons. The number of nitrogens with one attached hydrogen (secondary N) is 1. The third kappa shape index (κ3) is 3.33. The lowest BCUT2D eigenvalue weighted by atomic mass is 9.77. The van der Waals surface area contributed by atoms with Gasteiger partial charge in [-0.2, -0.15) is 0 Å². The molecule has 0 spiro atoms. The van der Waals surface area contributed by atoms with Gasteiger partial charge in [0.2, 0.25) is 0 Å². The minimum Gasteiger partial charge on any atom is -0.306 e. The minimum atomic E-state index is 0.277. The van der Waals surface area contributed by atoms with Crippen molar-refractivity contribution in [3.63, 3.8) is 0 Å². The first kappa shape index (κ1) is 15.1. The molecule has 1 aliphatic rings. The summed E-state index contributed by atoms with van der Waals surface area (Å²) < 4.78 is 0.870. The van der Waals surface area contributed by atoms with E-state index in [4.69, 9.17) is 11.6 Å². The first-order valence-electron chi connectivity index (χ1n) is 7.87. The Kier molecular flexibility index (Phi) is 4.99. The molecule has 1 aliphatic carbocycles. The van der Waals surface area contributed by atoms with Gasteiger partial charge in [0, 0.05) is 4.88 Å². The molecule has 1 nitrogen and oxygen atoms in total. The van der Waals surface area contributed by atoms with Crippen LogP contribution in [0.5, 0.6) is 0 Å². The molecular formula is C18H22ClNS. The van der Waals surface area contributed by atoms with Crippen LogP contribution in [0.2, 0.25) is 4.34 Å². The van der Waals surface area contributed by atoms with Gasteiger partial charge in [0.25, 0.3) is 0 Å². The Hall–Kier alpha value is -0.830. The molecule has 3 heteroatoms. The van der Waals surface area contributed by atoms with Crippen molar-refractivity contribution in [2.75, 3.05) is 6.54 Å². The Bertz CT molecular complexity index is 588. The van der Waals surface area contributed by atoms with Crippen molar-refractivity contribution in [2.45, 2.75) is 44.6 Å². The second-order valence-corrected chi connectivity index (χ2v) is 7.53. The fourth-order valence-electron chi connectivity index (χ4n) is 3.00. The first-order chi connectivity index (χ1) is 10.3. The van der Waals surface area contributed by atoms with E-state index in [9.17, 15) is 0 Å². The highest BCUT2D eigenvalue weighted by Crippen LogP contribution is 2.41. The Labute approximate surface area is 136 Å². The van der Waals surface area contributed by atoms with E-state index in [0.717, 1.165) is 23.2 Å². The van der Waals surface area contributed by atoms with Crippen molar-refractivity contribution in [1.29, 1.82) is 0 Å². The van der Waals surface area contributed by atoms with E-state index in [1.54, 1.807) is 11.3 Å². The fourth-order valence-corrected chi connectivity index (χ4v) is 4.16. The normalized spacial score (nSPS) is 16.7. The third-order valence-electron chi connectivity index (χ3n) is 4.33. The molecule has 1 unspecified atom stereocenters. The summed E-state index contributed by atoms with van der Waals surface area (Å²) in [6.07, 6.45) is 5.18. The molecule has 1 aromatic heterocycles. The molecule has 1 aromatic carbocycles. The summed E-state index contributed by atoms with van der Waals surface area (Å²) in [5.74, 6) is 0.752. The van der Waals surface area contributed by atoms with Crippen LogP contribution in [0.3, 0.4) is 0 Å². The van der Waals surface area contributed by atoms with Crippen molar-refractivity contribution in [3.8, 4) is 0 Å². The van der Waals surface area contributed by atoms with Crippen LogP contribution < -0.4 is 5.32 Å². The van der Waals surface area contributed by atoms with Crippen LogP contribution in [-0.2, 0) is 0 Å². The molecule has 1 saturated carbocycles. The zero-order chi connectivity index (χ0) is 14.7. The maximum atomic E-state index is 6.16.